The second-order valence-electron chi connectivity index (χ2n) is 5.81. The lowest BCUT2D eigenvalue weighted by Crippen LogP contribution is -2.51. The van der Waals surface area contributed by atoms with Crippen LogP contribution in [0.25, 0.3) is 0 Å². The highest BCUT2D eigenvalue weighted by Crippen LogP contribution is 2.30. The van der Waals surface area contributed by atoms with Gasteiger partial charge in [-0.15, -0.1) is 0 Å². The van der Waals surface area contributed by atoms with E-state index >= 15 is 0 Å². The molecule has 2 fully saturated rings. The van der Waals surface area contributed by atoms with Crippen LogP contribution in [0.1, 0.15) is 38.5 Å². The van der Waals surface area contributed by atoms with Crippen molar-refractivity contribution in [1.29, 1.82) is 5.26 Å². The van der Waals surface area contributed by atoms with Gasteiger partial charge in [0.2, 0.25) is 0 Å². The van der Waals surface area contributed by atoms with E-state index in [0.717, 1.165) is 6.42 Å². The normalized spacial score (nSPS) is 35.8. The summed E-state index contributed by atoms with van der Waals surface area (Å²) in [6, 6.07) is 3.69. The molecule has 2 aliphatic rings. The number of piperidine rings is 1. The Hall–Kier alpha value is -0.590. The molecule has 1 heterocycles. The summed E-state index contributed by atoms with van der Waals surface area (Å²) in [6.45, 7) is 2.40. The van der Waals surface area contributed by atoms with E-state index in [0.29, 0.717) is 12.1 Å². The molecule has 3 heteroatoms. The monoisotopic (exact) mass is 235 g/mol. The number of hydrogen-bond donors (Lipinski definition) is 0. The lowest BCUT2D eigenvalue weighted by Gasteiger charge is -2.43. The highest BCUT2D eigenvalue weighted by molar-refractivity contribution is 4.97. The molecule has 0 amide bonds. The first-order valence-corrected chi connectivity index (χ1v) is 7.02. The lowest BCUT2D eigenvalue weighted by atomic mass is 9.83. The molecule has 0 spiro atoms. The number of nitriles is 1. The molecule has 96 valence electrons. The van der Waals surface area contributed by atoms with E-state index in [1.165, 1.54) is 45.2 Å². The van der Waals surface area contributed by atoms with Crippen LogP contribution >= 0.6 is 0 Å². The molecule has 0 radical (unpaired) electrons. The fourth-order valence-corrected chi connectivity index (χ4v) is 3.49. The van der Waals surface area contributed by atoms with E-state index in [4.69, 9.17) is 0 Å². The number of rotatable bonds is 2. The SMILES string of the molecule is CN1CCCC(N(C)C2CCCCC2C#N)C1. The quantitative estimate of drug-likeness (QED) is 0.734. The molecule has 3 nitrogen and oxygen atoms in total. The minimum Gasteiger partial charge on any atom is -0.305 e. The van der Waals surface area contributed by atoms with Gasteiger partial charge in [-0.05, 0) is 46.3 Å². The molecule has 2 rings (SSSR count). The summed E-state index contributed by atoms with van der Waals surface area (Å²) in [5.74, 6) is 0.265. The van der Waals surface area contributed by atoms with Crippen LogP contribution in [0.15, 0.2) is 0 Å². The number of likely N-dealkylation sites (tertiary alicyclic amines) is 1. The second-order valence-corrected chi connectivity index (χ2v) is 5.81. The van der Waals surface area contributed by atoms with Crippen molar-refractivity contribution in [3.63, 3.8) is 0 Å². The Morgan fingerprint density at radius 2 is 1.94 bits per heavy atom. The van der Waals surface area contributed by atoms with E-state index in [2.05, 4.69) is 30.0 Å². The third-order valence-corrected chi connectivity index (χ3v) is 4.59. The maximum absolute atomic E-state index is 9.27. The predicted molar refractivity (Wildman–Crippen MR) is 69.6 cm³/mol. The number of likely N-dealkylation sites (N-methyl/N-ethyl adjacent to an activating group) is 2. The van der Waals surface area contributed by atoms with Crippen molar-refractivity contribution in [2.24, 2.45) is 5.92 Å². The molecular weight excluding hydrogens is 210 g/mol. The Morgan fingerprint density at radius 3 is 2.65 bits per heavy atom. The van der Waals surface area contributed by atoms with Gasteiger partial charge in [0.25, 0.3) is 0 Å². The molecule has 3 unspecified atom stereocenters. The number of hydrogen-bond acceptors (Lipinski definition) is 3. The summed E-state index contributed by atoms with van der Waals surface area (Å²) < 4.78 is 0. The van der Waals surface area contributed by atoms with Gasteiger partial charge in [-0.2, -0.15) is 5.26 Å². The Morgan fingerprint density at radius 1 is 1.18 bits per heavy atom. The van der Waals surface area contributed by atoms with E-state index in [1.807, 2.05) is 0 Å². The van der Waals surface area contributed by atoms with Crippen molar-refractivity contribution >= 4 is 0 Å². The highest BCUT2D eigenvalue weighted by Gasteiger charge is 2.32. The van der Waals surface area contributed by atoms with E-state index in [-0.39, 0.29) is 5.92 Å². The zero-order valence-electron chi connectivity index (χ0n) is 11.2. The van der Waals surface area contributed by atoms with Gasteiger partial charge in [0.1, 0.15) is 0 Å². The minimum atomic E-state index is 0.265. The van der Waals surface area contributed by atoms with E-state index in [1.54, 1.807) is 0 Å². The Kier molecular flexibility index (Phi) is 4.42. The largest absolute Gasteiger partial charge is 0.305 e. The molecule has 1 aliphatic carbocycles. The average molecular weight is 235 g/mol. The standard InChI is InChI=1S/C14H25N3/c1-16-9-5-7-13(11-16)17(2)14-8-4-3-6-12(14)10-15/h12-14H,3-9,11H2,1-2H3. The molecular formula is C14H25N3. The van der Waals surface area contributed by atoms with Gasteiger partial charge < -0.3 is 4.90 Å². The van der Waals surface area contributed by atoms with E-state index in [9.17, 15) is 5.26 Å². The molecule has 1 saturated carbocycles. The van der Waals surface area contributed by atoms with Crippen molar-refractivity contribution in [2.75, 3.05) is 27.2 Å². The van der Waals surface area contributed by atoms with Crippen molar-refractivity contribution in [1.82, 2.24) is 9.80 Å². The average Bonchev–Trinajstić information content (AvgIpc) is 2.38. The van der Waals surface area contributed by atoms with Gasteiger partial charge in [0.05, 0.1) is 12.0 Å². The molecule has 17 heavy (non-hydrogen) atoms. The molecule has 0 aromatic heterocycles. The van der Waals surface area contributed by atoms with Crippen molar-refractivity contribution in [2.45, 2.75) is 50.6 Å². The smallest absolute Gasteiger partial charge is 0.0672 e. The maximum Gasteiger partial charge on any atom is 0.0672 e. The Bertz CT molecular complexity index is 284. The highest BCUT2D eigenvalue weighted by atomic mass is 15.2. The first kappa shape index (κ1) is 12.9. The van der Waals surface area contributed by atoms with Crippen LogP contribution in [0.3, 0.4) is 0 Å². The first-order valence-electron chi connectivity index (χ1n) is 7.02. The third kappa shape index (κ3) is 3.00. The Balaban J connectivity index is 1.97. The van der Waals surface area contributed by atoms with Crippen LogP contribution in [0.4, 0.5) is 0 Å². The number of nitrogens with zero attached hydrogens (tertiary/aromatic N) is 3. The summed E-state index contributed by atoms with van der Waals surface area (Å²) in [5.41, 5.74) is 0. The lowest BCUT2D eigenvalue weighted by molar-refractivity contribution is 0.0654. The maximum atomic E-state index is 9.27. The van der Waals surface area contributed by atoms with Gasteiger partial charge >= 0.3 is 0 Å². The zero-order chi connectivity index (χ0) is 12.3. The molecule has 0 aromatic rings. The second kappa shape index (κ2) is 5.84. The molecule has 0 aromatic carbocycles. The van der Waals surface area contributed by atoms with Crippen LogP contribution in [0.5, 0.6) is 0 Å². The van der Waals surface area contributed by atoms with Crippen LogP contribution < -0.4 is 0 Å². The van der Waals surface area contributed by atoms with Crippen LogP contribution in [0, 0.1) is 17.2 Å². The topological polar surface area (TPSA) is 30.3 Å². The summed E-state index contributed by atoms with van der Waals surface area (Å²) in [4.78, 5) is 4.94. The summed E-state index contributed by atoms with van der Waals surface area (Å²) in [7, 11) is 4.45. The molecule has 1 saturated heterocycles. The molecule has 3 atom stereocenters. The molecule has 0 N–H and O–H groups in total. The zero-order valence-corrected chi connectivity index (χ0v) is 11.2. The van der Waals surface area contributed by atoms with Crippen molar-refractivity contribution in [3.05, 3.63) is 0 Å². The van der Waals surface area contributed by atoms with Gasteiger partial charge in [-0.3, -0.25) is 4.90 Å². The van der Waals surface area contributed by atoms with E-state index < -0.39 is 0 Å². The first-order chi connectivity index (χ1) is 8.22. The fraction of sp³-hybridized carbons (Fsp3) is 0.929. The van der Waals surface area contributed by atoms with Gasteiger partial charge in [-0.1, -0.05) is 12.8 Å². The van der Waals surface area contributed by atoms with Crippen LogP contribution in [-0.4, -0.2) is 49.1 Å². The summed E-state index contributed by atoms with van der Waals surface area (Å²) in [5, 5.41) is 9.27. The van der Waals surface area contributed by atoms with Crippen molar-refractivity contribution < 1.29 is 0 Å². The predicted octanol–water partition coefficient (Wildman–Crippen LogP) is 2.09. The molecule has 0 bridgehead atoms. The fourth-order valence-electron chi connectivity index (χ4n) is 3.49. The van der Waals surface area contributed by atoms with Crippen LogP contribution in [-0.2, 0) is 0 Å². The summed E-state index contributed by atoms with van der Waals surface area (Å²) in [6.07, 6.45) is 7.47. The van der Waals surface area contributed by atoms with Crippen LogP contribution in [0.2, 0.25) is 0 Å². The summed E-state index contributed by atoms with van der Waals surface area (Å²) >= 11 is 0. The van der Waals surface area contributed by atoms with Crippen molar-refractivity contribution in [3.8, 4) is 6.07 Å². The Labute approximate surface area is 105 Å². The van der Waals surface area contributed by atoms with Gasteiger partial charge in [0.15, 0.2) is 0 Å². The van der Waals surface area contributed by atoms with Gasteiger partial charge in [-0.25, -0.2) is 0 Å². The molecule has 1 aliphatic heterocycles. The third-order valence-electron chi connectivity index (χ3n) is 4.59. The minimum absolute atomic E-state index is 0.265. The van der Waals surface area contributed by atoms with Gasteiger partial charge in [0, 0.05) is 18.6 Å².